The topological polar surface area (TPSA) is 73.8 Å². The van der Waals surface area contributed by atoms with E-state index in [1.807, 2.05) is 31.2 Å². The van der Waals surface area contributed by atoms with Crippen LogP contribution in [0.25, 0.3) is 11.4 Å². The van der Waals surface area contributed by atoms with Crippen LogP contribution in [-0.4, -0.2) is 25.9 Å². The second kappa shape index (κ2) is 5.89. The van der Waals surface area contributed by atoms with E-state index < -0.39 is 0 Å². The number of hydrogen-bond donors (Lipinski definition) is 1. The first kappa shape index (κ1) is 14.1. The number of aryl methyl sites for hydroxylation is 1. The standard InChI is InChI=1S/C15H18N4OS/c1-10-6-8-11(9-7-10)14-17-18-15(19(14)16)21-13-5-3-2-4-12(13)20/h6-9,13H,2-5,16H2,1H3. The first-order chi connectivity index (χ1) is 10.1. The smallest absolute Gasteiger partial charge is 0.210 e. The van der Waals surface area contributed by atoms with Gasteiger partial charge in [-0.1, -0.05) is 48.0 Å². The lowest BCUT2D eigenvalue weighted by Crippen LogP contribution is -2.22. The highest BCUT2D eigenvalue weighted by molar-refractivity contribution is 8.00. The largest absolute Gasteiger partial charge is 0.335 e. The molecule has 0 bridgehead atoms. The van der Waals surface area contributed by atoms with E-state index in [0.717, 1.165) is 24.8 Å². The third kappa shape index (κ3) is 2.95. The second-order valence-electron chi connectivity index (χ2n) is 5.36. The lowest BCUT2D eigenvalue weighted by Gasteiger charge is -2.18. The SMILES string of the molecule is Cc1ccc(-c2nnc(SC3CCCCC3=O)n2N)cc1. The van der Waals surface area contributed by atoms with E-state index in [1.165, 1.54) is 22.0 Å². The van der Waals surface area contributed by atoms with Gasteiger partial charge in [-0.05, 0) is 19.8 Å². The van der Waals surface area contributed by atoms with Crippen molar-refractivity contribution < 1.29 is 4.79 Å². The van der Waals surface area contributed by atoms with Gasteiger partial charge in [0.1, 0.15) is 5.78 Å². The summed E-state index contributed by atoms with van der Waals surface area (Å²) in [6.07, 6.45) is 3.66. The summed E-state index contributed by atoms with van der Waals surface area (Å²) in [5, 5.41) is 8.88. The van der Waals surface area contributed by atoms with Gasteiger partial charge in [0.15, 0.2) is 5.82 Å². The molecule has 0 spiro atoms. The number of Topliss-reactive ketones (excluding diaryl/α,β-unsaturated/α-hetero) is 1. The van der Waals surface area contributed by atoms with Crippen LogP contribution in [0.15, 0.2) is 29.4 Å². The maximum Gasteiger partial charge on any atom is 0.210 e. The summed E-state index contributed by atoms with van der Waals surface area (Å²) < 4.78 is 1.48. The normalized spacial score (nSPS) is 18.9. The van der Waals surface area contributed by atoms with Gasteiger partial charge in [-0.2, -0.15) is 0 Å². The van der Waals surface area contributed by atoms with E-state index in [4.69, 9.17) is 5.84 Å². The molecule has 1 fully saturated rings. The molecule has 2 N–H and O–H groups in total. The Morgan fingerprint density at radius 3 is 2.71 bits per heavy atom. The van der Waals surface area contributed by atoms with E-state index in [1.54, 1.807) is 0 Å². The van der Waals surface area contributed by atoms with Crippen molar-refractivity contribution in [3.8, 4) is 11.4 Å². The number of benzene rings is 1. The Balaban J connectivity index is 1.82. The fourth-order valence-corrected chi connectivity index (χ4v) is 3.54. The number of nitrogens with two attached hydrogens (primary N) is 1. The van der Waals surface area contributed by atoms with Crippen molar-refractivity contribution in [2.24, 2.45) is 0 Å². The summed E-state index contributed by atoms with van der Waals surface area (Å²) in [6, 6.07) is 7.98. The fourth-order valence-electron chi connectivity index (χ4n) is 2.46. The third-order valence-corrected chi connectivity index (χ3v) is 4.99. The van der Waals surface area contributed by atoms with Crippen LogP contribution in [0.5, 0.6) is 0 Å². The summed E-state index contributed by atoms with van der Waals surface area (Å²) in [7, 11) is 0. The predicted molar refractivity (Wildman–Crippen MR) is 83.5 cm³/mol. The van der Waals surface area contributed by atoms with E-state index in [0.29, 0.717) is 23.2 Å². The molecule has 110 valence electrons. The molecule has 5 nitrogen and oxygen atoms in total. The maximum atomic E-state index is 11.9. The van der Waals surface area contributed by atoms with Gasteiger partial charge < -0.3 is 5.84 Å². The molecular formula is C15H18N4OS. The Labute approximate surface area is 127 Å². The Kier molecular flexibility index (Phi) is 3.96. The fraction of sp³-hybridized carbons (Fsp3) is 0.400. The number of aromatic nitrogens is 3. The zero-order valence-corrected chi connectivity index (χ0v) is 12.8. The molecule has 3 rings (SSSR count). The van der Waals surface area contributed by atoms with Gasteiger partial charge in [0, 0.05) is 12.0 Å². The van der Waals surface area contributed by atoms with Crippen molar-refractivity contribution in [3.05, 3.63) is 29.8 Å². The van der Waals surface area contributed by atoms with E-state index in [9.17, 15) is 4.79 Å². The van der Waals surface area contributed by atoms with E-state index >= 15 is 0 Å². The van der Waals surface area contributed by atoms with Crippen molar-refractivity contribution in [2.75, 3.05) is 5.84 Å². The molecule has 1 aliphatic carbocycles. The lowest BCUT2D eigenvalue weighted by atomic mass is 9.99. The molecule has 21 heavy (non-hydrogen) atoms. The van der Waals surface area contributed by atoms with Crippen LogP contribution in [0.4, 0.5) is 0 Å². The summed E-state index contributed by atoms with van der Waals surface area (Å²) in [5.41, 5.74) is 2.11. The number of ketones is 1. The molecule has 2 aromatic rings. The van der Waals surface area contributed by atoms with Gasteiger partial charge in [0.25, 0.3) is 0 Å². The number of carbonyl (C=O) groups excluding carboxylic acids is 1. The zero-order valence-electron chi connectivity index (χ0n) is 12.0. The molecule has 1 aromatic carbocycles. The van der Waals surface area contributed by atoms with Crippen LogP contribution in [-0.2, 0) is 4.79 Å². The highest BCUT2D eigenvalue weighted by Crippen LogP contribution is 2.31. The van der Waals surface area contributed by atoms with Crippen LogP contribution in [0.1, 0.15) is 31.2 Å². The maximum absolute atomic E-state index is 11.9. The highest BCUT2D eigenvalue weighted by Gasteiger charge is 2.25. The Bertz CT molecular complexity index is 650. The van der Waals surface area contributed by atoms with E-state index in [2.05, 4.69) is 10.2 Å². The molecule has 0 amide bonds. The number of hydrogen-bond acceptors (Lipinski definition) is 5. The summed E-state index contributed by atoms with van der Waals surface area (Å²) in [5.74, 6) is 7.02. The minimum Gasteiger partial charge on any atom is -0.335 e. The molecule has 1 atom stereocenters. The van der Waals surface area contributed by atoms with Gasteiger partial charge in [-0.15, -0.1) is 10.2 Å². The molecule has 1 aliphatic rings. The second-order valence-corrected chi connectivity index (χ2v) is 6.53. The molecule has 0 saturated heterocycles. The molecule has 1 saturated carbocycles. The molecular weight excluding hydrogens is 284 g/mol. The quantitative estimate of drug-likeness (QED) is 0.882. The molecule has 0 aliphatic heterocycles. The average molecular weight is 302 g/mol. The number of carbonyl (C=O) groups is 1. The van der Waals surface area contributed by atoms with Crippen LogP contribution >= 0.6 is 11.8 Å². The Morgan fingerprint density at radius 1 is 1.24 bits per heavy atom. The van der Waals surface area contributed by atoms with Crippen LogP contribution in [0.2, 0.25) is 0 Å². The van der Waals surface area contributed by atoms with Crippen LogP contribution < -0.4 is 5.84 Å². The lowest BCUT2D eigenvalue weighted by molar-refractivity contribution is -0.119. The number of thioether (sulfide) groups is 1. The number of rotatable bonds is 3. The van der Waals surface area contributed by atoms with Gasteiger partial charge >= 0.3 is 0 Å². The summed E-state index contributed by atoms with van der Waals surface area (Å²) in [4.78, 5) is 11.9. The number of nitrogens with zero attached hydrogens (tertiary/aromatic N) is 3. The predicted octanol–water partition coefficient (Wildman–Crippen LogP) is 2.57. The first-order valence-corrected chi connectivity index (χ1v) is 8.00. The van der Waals surface area contributed by atoms with Gasteiger partial charge in [0.05, 0.1) is 5.25 Å². The molecule has 1 aromatic heterocycles. The van der Waals surface area contributed by atoms with Crippen molar-refractivity contribution >= 4 is 17.5 Å². The van der Waals surface area contributed by atoms with Crippen LogP contribution in [0, 0.1) is 6.92 Å². The summed E-state index contributed by atoms with van der Waals surface area (Å²) >= 11 is 1.43. The number of nitrogen functional groups attached to an aromatic ring is 1. The molecule has 1 unspecified atom stereocenters. The highest BCUT2D eigenvalue weighted by atomic mass is 32.2. The molecule has 0 radical (unpaired) electrons. The minimum absolute atomic E-state index is 0.0314. The summed E-state index contributed by atoms with van der Waals surface area (Å²) in [6.45, 7) is 2.03. The van der Waals surface area contributed by atoms with Gasteiger partial charge in [-0.25, -0.2) is 4.68 Å². The Morgan fingerprint density at radius 2 is 2.00 bits per heavy atom. The first-order valence-electron chi connectivity index (χ1n) is 7.12. The minimum atomic E-state index is -0.0314. The zero-order chi connectivity index (χ0) is 14.8. The molecule has 1 heterocycles. The van der Waals surface area contributed by atoms with Crippen molar-refractivity contribution in [1.82, 2.24) is 14.9 Å². The van der Waals surface area contributed by atoms with Crippen molar-refractivity contribution in [3.63, 3.8) is 0 Å². The average Bonchev–Trinajstić information content (AvgIpc) is 2.84. The van der Waals surface area contributed by atoms with Crippen molar-refractivity contribution in [1.29, 1.82) is 0 Å². The van der Waals surface area contributed by atoms with Gasteiger partial charge in [0.2, 0.25) is 5.16 Å². The van der Waals surface area contributed by atoms with Gasteiger partial charge in [-0.3, -0.25) is 4.79 Å². The van der Waals surface area contributed by atoms with Crippen LogP contribution in [0.3, 0.4) is 0 Å². The molecule has 6 heteroatoms. The third-order valence-electron chi connectivity index (χ3n) is 3.72. The Hall–Kier alpha value is -1.82. The monoisotopic (exact) mass is 302 g/mol. The van der Waals surface area contributed by atoms with E-state index in [-0.39, 0.29) is 5.25 Å². The van der Waals surface area contributed by atoms with Crippen molar-refractivity contribution in [2.45, 2.75) is 43.0 Å².